The molecule has 2 N–H and O–H groups in total. The Labute approximate surface area is 117 Å². The number of hydrogen-bond acceptors (Lipinski definition) is 3. The maximum atomic E-state index is 14.2. The van der Waals surface area contributed by atoms with Crippen LogP contribution < -0.4 is 10.2 Å². The molecule has 2 aromatic carbocycles. The minimum absolute atomic E-state index is 0.0117. The monoisotopic (exact) mass is 274 g/mol. The zero-order chi connectivity index (χ0) is 14.9. The molecule has 0 aromatic heterocycles. The molecule has 0 radical (unpaired) electrons. The first-order chi connectivity index (χ1) is 9.43. The molecule has 0 unspecified atom stereocenters. The van der Waals surface area contributed by atoms with Crippen molar-refractivity contribution >= 4 is 12.6 Å². The molecule has 0 spiro atoms. The molecule has 0 saturated carbocycles. The van der Waals surface area contributed by atoms with Crippen LogP contribution in [0.3, 0.4) is 0 Å². The minimum atomic E-state index is -1.77. The van der Waals surface area contributed by atoms with E-state index >= 15 is 0 Å². The predicted molar refractivity (Wildman–Crippen MR) is 77.7 cm³/mol. The summed E-state index contributed by atoms with van der Waals surface area (Å²) in [6.07, 6.45) is 0. The summed E-state index contributed by atoms with van der Waals surface area (Å²) in [5.41, 5.74) is 3.30. The van der Waals surface area contributed by atoms with E-state index in [-0.39, 0.29) is 11.2 Å². The highest BCUT2D eigenvalue weighted by Crippen LogP contribution is 2.27. The van der Waals surface area contributed by atoms with Crippen molar-refractivity contribution in [3.05, 3.63) is 47.3 Å². The summed E-state index contributed by atoms with van der Waals surface area (Å²) in [6, 6.07) is 8.21. The number of benzene rings is 2. The molecule has 0 fully saturated rings. The van der Waals surface area contributed by atoms with Crippen LogP contribution in [0.5, 0.6) is 5.75 Å². The summed E-state index contributed by atoms with van der Waals surface area (Å²) in [6.45, 7) is 3.95. The van der Waals surface area contributed by atoms with E-state index in [1.165, 1.54) is 13.2 Å². The van der Waals surface area contributed by atoms with E-state index in [9.17, 15) is 14.4 Å². The highest BCUT2D eigenvalue weighted by molar-refractivity contribution is 6.59. The number of methoxy groups -OCH3 is 1. The van der Waals surface area contributed by atoms with E-state index < -0.39 is 12.9 Å². The molecule has 3 nitrogen and oxygen atoms in total. The molecule has 0 aliphatic rings. The average Bonchev–Trinajstić information content (AvgIpc) is 2.41. The minimum Gasteiger partial charge on any atom is -0.497 e. The molecule has 104 valence electrons. The van der Waals surface area contributed by atoms with Gasteiger partial charge in [0.1, 0.15) is 11.6 Å². The van der Waals surface area contributed by atoms with E-state index in [0.717, 1.165) is 22.8 Å². The summed E-state index contributed by atoms with van der Waals surface area (Å²) in [5, 5.41) is 18.4. The molecule has 2 rings (SSSR count). The molecule has 2 aromatic rings. The molecular weight excluding hydrogens is 258 g/mol. The second kappa shape index (κ2) is 5.65. The first kappa shape index (κ1) is 14.6. The summed E-state index contributed by atoms with van der Waals surface area (Å²) < 4.78 is 19.3. The van der Waals surface area contributed by atoms with Gasteiger partial charge in [0.05, 0.1) is 7.11 Å². The van der Waals surface area contributed by atoms with Crippen molar-refractivity contribution in [1.29, 1.82) is 0 Å². The Kier molecular flexibility index (Phi) is 4.11. The fraction of sp³-hybridized carbons (Fsp3) is 0.200. The number of ether oxygens (including phenoxy) is 1. The molecule has 0 heterocycles. The average molecular weight is 274 g/mol. The van der Waals surface area contributed by atoms with E-state index in [2.05, 4.69) is 0 Å². The van der Waals surface area contributed by atoms with Crippen LogP contribution in [0.25, 0.3) is 11.1 Å². The molecule has 0 atom stereocenters. The highest BCUT2D eigenvalue weighted by atomic mass is 19.1. The van der Waals surface area contributed by atoms with Gasteiger partial charge in [-0.2, -0.15) is 0 Å². The van der Waals surface area contributed by atoms with Crippen LogP contribution in [0.1, 0.15) is 11.1 Å². The highest BCUT2D eigenvalue weighted by Gasteiger charge is 2.20. The Morgan fingerprint density at radius 2 is 1.75 bits per heavy atom. The molecule has 0 amide bonds. The van der Waals surface area contributed by atoms with E-state index in [1.54, 1.807) is 0 Å². The quantitative estimate of drug-likeness (QED) is 0.839. The fourth-order valence-electron chi connectivity index (χ4n) is 2.08. The zero-order valence-corrected chi connectivity index (χ0v) is 11.6. The zero-order valence-electron chi connectivity index (χ0n) is 11.6. The third-order valence-electron chi connectivity index (χ3n) is 3.42. The largest absolute Gasteiger partial charge is 0.497 e. The van der Waals surface area contributed by atoms with Crippen LogP contribution in [0, 0.1) is 19.7 Å². The Morgan fingerprint density at radius 3 is 2.30 bits per heavy atom. The molecule has 0 aliphatic carbocycles. The van der Waals surface area contributed by atoms with Gasteiger partial charge in [-0.05, 0) is 42.7 Å². The topological polar surface area (TPSA) is 49.7 Å². The predicted octanol–water partition coefficient (Wildman–Crippen LogP) is 1.80. The van der Waals surface area contributed by atoms with Crippen LogP contribution in [0.2, 0.25) is 0 Å². The normalized spacial score (nSPS) is 10.5. The maximum Gasteiger partial charge on any atom is 0.492 e. The lowest BCUT2D eigenvalue weighted by Gasteiger charge is -2.12. The second-order valence-electron chi connectivity index (χ2n) is 4.75. The molecule has 20 heavy (non-hydrogen) atoms. The first-order valence-electron chi connectivity index (χ1n) is 6.25. The van der Waals surface area contributed by atoms with Crippen molar-refractivity contribution in [2.45, 2.75) is 13.8 Å². The lowest BCUT2D eigenvalue weighted by molar-refractivity contribution is 0.402. The van der Waals surface area contributed by atoms with Crippen molar-refractivity contribution < 1.29 is 19.2 Å². The van der Waals surface area contributed by atoms with Crippen molar-refractivity contribution in [3.63, 3.8) is 0 Å². The number of halogens is 1. The van der Waals surface area contributed by atoms with Gasteiger partial charge in [0.2, 0.25) is 0 Å². The maximum absolute atomic E-state index is 14.2. The van der Waals surface area contributed by atoms with Crippen LogP contribution in [-0.4, -0.2) is 24.3 Å². The lowest BCUT2D eigenvalue weighted by atomic mass is 9.78. The number of hydrogen-bond donors (Lipinski definition) is 2. The van der Waals surface area contributed by atoms with E-state index in [1.807, 2.05) is 32.0 Å². The van der Waals surface area contributed by atoms with Crippen molar-refractivity contribution in [1.82, 2.24) is 0 Å². The second-order valence-corrected chi connectivity index (χ2v) is 4.75. The van der Waals surface area contributed by atoms with Crippen LogP contribution in [-0.2, 0) is 0 Å². The molecule has 0 aliphatic heterocycles. The first-order valence-corrected chi connectivity index (χ1v) is 6.25. The molecule has 5 heteroatoms. The summed E-state index contributed by atoms with van der Waals surface area (Å²) in [4.78, 5) is 0. The van der Waals surface area contributed by atoms with Crippen LogP contribution in [0.4, 0.5) is 4.39 Å². The van der Waals surface area contributed by atoms with Gasteiger partial charge in [0.15, 0.2) is 0 Å². The van der Waals surface area contributed by atoms with E-state index in [4.69, 9.17) is 4.74 Å². The number of aryl methyl sites for hydroxylation is 2. The molecule has 0 saturated heterocycles. The Morgan fingerprint density at radius 1 is 1.05 bits per heavy atom. The number of rotatable bonds is 3. The summed E-state index contributed by atoms with van der Waals surface area (Å²) in [7, 11) is -0.364. The lowest BCUT2D eigenvalue weighted by Crippen LogP contribution is -2.31. The Bertz CT molecular complexity index is 641. The van der Waals surface area contributed by atoms with Gasteiger partial charge in [-0.1, -0.05) is 18.2 Å². The Balaban J connectivity index is 2.59. The fourth-order valence-corrected chi connectivity index (χ4v) is 2.08. The van der Waals surface area contributed by atoms with Gasteiger partial charge in [-0.3, -0.25) is 0 Å². The Hall–Kier alpha value is -1.85. The summed E-state index contributed by atoms with van der Waals surface area (Å²) in [5.74, 6) is -0.271. The SMILES string of the molecule is COc1cc(-c2ccc(C)c(C)c2)c(F)cc1B(O)O. The third kappa shape index (κ3) is 2.69. The van der Waals surface area contributed by atoms with Gasteiger partial charge < -0.3 is 14.8 Å². The van der Waals surface area contributed by atoms with Gasteiger partial charge in [-0.15, -0.1) is 0 Å². The van der Waals surface area contributed by atoms with Gasteiger partial charge >= 0.3 is 7.12 Å². The van der Waals surface area contributed by atoms with Gasteiger partial charge in [0.25, 0.3) is 0 Å². The van der Waals surface area contributed by atoms with Gasteiger partial charge in [0, 0.05) is 11.0 Å². The van der Waals surface area contributed by atoms with Crippen molar-refractivity contribution in [2.75, 3.05) is 7.11 Å². The van der Waals surface area contributed by atoms with Crippen molar-refractivity contribution in [2.24, 2.45) is 0 Å². The molecule has 0 bridgehead atoms. The van der Waals surface area contributed by atoms with E-state index in [0.29, 0.717) is 5.56 Å². The van der Waals surface area contributed by atoms with Gasteiger partial charge in [-0.25, -0.2) is 4.39 Å². The van der Waals surface area contributed by atoms with Crippen LogP contribution >= 0.6 is 0 Å². The summed E-state index contributed by atoms with van der Waals surface area (Å²) >= 11 is 0. The van der Waals surface area contributed by atoms with Crippen LogP contribution in [0.15, 0.2) is 30.3 Å². The standard InChI is InChI=1S/C15H16BFO3/c1-9-4-5-11(6-10(9)2)12-7-15(20-3)13(16(18)19)8-14(12)17/h4-8,18-19H,1-3H3. The van der Waals surface area contributed by atoms with Crippen molar-refractivity contribution in [3.8, 4) is 16.9 Å². The smallest absolute Gasteiger partial charge is 0.492 e. The molecular formula is C15H16BFO3. The third-order valence-corrected chi connectivity index (χ3v) is 3.42.